The van der Waals surface area contributed by atoms with E-state index in [1.807, 2.05) is 0 Å². The summed E-state index contributed by atoms with van der Waals surface area (Å²) < 4.78 is 5.01. The van der Waals surface area contributed by atoms with Crippen LogP contribution in [0.3, 0.4) is 0 Å². The number of unbranched alkanes of at least 4 members (excludes halogenated alkanes) is 4. The zero-order valence-electron chi connectivity index (χ0n) is 10.8. The third kappa shape index (κ3) is 11.8. The Morgan fingerprint density at radius 2 is 1.80 bits per heavy atom. The summed E-state index contributed by atoms with van der Waals surface area (Å²) >= 11 is 0. The fourth-order valence-electron chi connectivity index (χ4n) is 1.72. The van der Waals surface area contributed by atoms with Gasteiger partial charge in [-0.1, -0.05) is 39.0 Å². The van der Waals surface area contributed by atoms with Gasteiger partial charge in [0.15, 0.2) is 0 Å². The standard InChI is InChI=1S/C13H29NO/c1-4-5-6-7-8-10-13(2)14-11-9-12-15-3/h13-14H,4-12H2,1-3H3. The van der Waals surface area contributed by atoms with Gasteiger partial charge in [-0.25, -0.2) is 0 Å². The van der Waals surface area contributed by atoms with Gasteiger partial charge in [0.1, 0.15) is 0 Å². The van der Waals surface area contributed by atoms with E-state index in [4.69, 9.17) is 4.74 Å². The molecule has 0 aliphatic rings. The van der Waals surface area contributed by atoms with Crippen molar-refractivity contribution in [2.75, 3.05) is 20.3 Å². The van der Waals surface area contributed by atoms with E-state index >= 15 is 0 Å². The fourth-order valence-corrected chi connectivity index (χ4v) is 1.72. The van der Waals surface area contributed by atoms with E-state index in [1.165, 1.54) is 38.5 Å². The highest BCUT2D eigenvalue weighted by Crippen LogP contribution is 2.06. The van der Waals surface area contributed by atoms with Crippen molar-refractivity contribution in [2.45, 2.75) is 64.8 Å². The highest BCUT2D eigenvalue weighted by atomic mass is 16.5. The van der Waals surface area contributed by atoms with Crippen LogP contribution in [0.4, 0.5) is 0 Å². The van der Waals surface area contributed by atoms with Gasteiger partial charge in [0.25, 0.3) is 0 Å². The van der Waals surface area contributed by atoms with Gasteiger partial charge in [0.05, 0.1) is 0 Å². The van der Waals surface area contributed by atoms with Crippen molar-refractivity contribution in [3.05, 3.63) is 0 Å². The first-order valence-corrected chi connectivity index (χ1v) is 6.53. The Hall–Kier alpha value is -0.0800. The number of rotatable bonds is 11. The Morgan fingerprint density at radius 1 is 1.07 bits per heavy atom. The number of methoxy groups -OCH3 is 1. The molecule has 1 unspecified atom stereocenters. The predicted octanol–water partition coefficient (Wildman–Crippen LogP) is 3.36. The lowest BCUT2D eigenvalue weighted by Gasteiger charge is -2.13. The van der Waals surface area contributed by atoms with Gasteiger partial charge in [-0.2, -0.15) is 0 Å². The first-order chi connectivity index (χ1) is 7.31. The Labute approximate surface area is 95.8 Å². The van der Waals surface area contributed by atoms with Gasteiger partial charge in [-0.3, -0.25) is 0 Å². The van der Waals surface area contributed by atoms with Crippen molar-refractivity contribution in [1.82, 2.24) is 5.32 Å². The first-order valence-electron chi connectivity index (χ1n) is 6.53. The molecule has 15 heavy (non-hydrogen) atoms. The largest absolute Gasteiger partial charge is 0.385 e. The van der Waals surface area contributed by atoms with Crippen LogP contribution < -0.4 is 5.32 Å². The van der Waals surface area contributed by atoms with Gasteiger partial charge in [0.2, 0.25) is 0 Å². The molecule has 0 rings (SSSR count). The molecule has 0 aliphatic carbocycles. The molecular formula is C13H29NO. The van der Waals surface area contributed by atoms with Crippen molar-refractivity contribution in [2.24, 2.45) is 0 Å². The Balaban J connectivity index is 3.08. The van der Waals surface area contributed by atoms with Crippen LogP contribution >= 0.6 is 0 Å². The predicted molar refractivity (Wildman–Crippen MR) is 67.3 cm³/mol. The minimum absolute atomic E-state index is 0.670. The van der Waals surface area contributed by atoms with Crippen LogP contribution in [0.5, 0.6) is 0 Å². The molecule has 0 saturated heterocycles. The fraction of sp³-hybridized carbons (Fsp3) is 1.00. The molecule has 0 aromatic heterocycles. The quantitative estimate of drug-likeness (QED) is 0.534. The van der Waals surface area contributed by atoms with Gasteiger partial charge < -0.3 is 10.1 Å². The van der Waals surface area contributed by atoms with E-state index in [9.17, 15) is 0 Å². The minimum atomic E-state index is 0.670. The summed E-state index contributed by atoms with van der Waals surface area (Å²) in [4.78, 5) is 0. The van der Waals surface area contributed by atoms with E-state index < -0.39 is 0 Å². The van der Waals surface area contributed by atoms with Gasteiger partial charge >= 0.3 is 0 Å². The lowest BCUT2D eigenvalue weighted by Crippen LogP contribution is -2.27. The molecule has 0 aromatic rings. The lowest BCUT2D eigenvalue weighted by atomic mass is 10.1. The summed E-state index contributed by atoms with van der Waals surface area (Å²) in [6.07, 6.45) is 9.36. The minimum Gasteiger partial charge on any atom is -0.385 e. The number of ether oxygens (including phenoxy) is 1. The molecule has 0 saturated carbocycles. The molecule has 0 fully saturated rings. The van der Waals surface area contributed by atoms with Crippen LogP contribution in [-0.4, -0.2) is 26.3 Å². The molecule has 2 heteroatoms. The van der Waals surface area contributed by atoms with Crippen molar-refractivity contribution >= 4 is 0 Å². The van der Waals surface area contributed by atoms with Crippen molar-refractivity contribution in [3.63, 3.8) is 0 Å². The van der Waals surface area contributed by atoms with Crippen LogP contribution in [0.15, 0.2) is 0 Å². The maximum atomic E-state index is 5.01. The molecule has 0 bridgehead atoms. The molecule has 0 aliphatic heterocycles. The highest BCUT2D eigenvalue weighted by molar-refractivity contribution is 4.60. The van der Waals surface area contributed by atoms with E-state index in [1.54, 1.807) is 7.11 Å². The molecule has 1 atom stereocenters. The number of hydrogen-bond acceptors (Lipinski definition) is 2. The topological polar surface area (TPSA) is 21.3 Å². The molecule has 2 nitrogen and oxygen atoms in total. The smallest absolute Gasteiger partial charge is 0.0474 e. The monoisotopic (exact) mass is 215 g/mol. The molecule has 0 heterocycles. The molecule has 0 radical (unpaired) electrons. The van der Waals surface area contributed by atoms with Crippen LogP contribution in [0.1, 0.15) is 58.8 Å². The lowest BCUT2D eigenvalue weighted by molar-refractivity contribution is 0.193. The summed E-state index contributed by atoms with van der Waals surface area (Å²) in [5.41, 5.74) is 0. The second-order valence-electron chi connectivity index (χ2n) is 4.40. The van der Waals surface area contributed by atoms with E-state index in [-0.39, 0.29) is 0 Å². The van der Waals surface area contributed by atoms with Crippen molar-refractivity contribution in [3.8, 4) is 0 Å². The Kier molecular flexibility index (Phi) is 11.9. The zero-order valence-corrected chi connectivity index (χ0v) is 10.8. The zero-order chi connectivity index (χ0) is 11.4. The summed E-state index contributed by atoms with van der Waals surface area (Å²) in [5, 5.41) is 3.53. The van der Waals surface area contributed by atoms with Crippen molar-refractivity contribution < 1.29 is 4.74 Å². The normalized spacial score (nSPS) is 13.0. The molecular weight excluding hydrogens is 186 g/mol. The van der Waals surface area contributed by atoms with Gasteiger partial charge in [0, 0.05) is 19.8 Å². The van der Waals surface area contributed by atoms with E-state index in [0.717, 1.165) is 19.6 Å². The summed E-state index contributed by atoms with van der Waals surface area (Å²) in [5.74, 6) is 0. The molecule has 1 N–H and O–H groups in total. The van der Waals surface area contributed by atoms with Gasteiger partial charge in [-0.15, -0.1) is 0 Å². The molecule has 0 spiro atoms. The van der Waals surface area contributed by atoms with Crippen LogP contribution in [-0.2, 0) is 4.74 Å². The van der Waals surface area contributed by atoms with Crippen LogP contribution in [0.2, 0.25) is 0 Å². The van der Waals surface area contributed by atoms with Crippen LogP contribution in [0.25, 0.3) is 0 Å². The third-order valence-corrected chi connectivity index (χ3v) is 2.76. The molecule has 0 amide bonds. The van der Waals surface area contributed by atoms with Gasteiger partial charge in [-0.05, 0) is 26.3 Å². The number of hydrogen-bond donors (Lipinski definition) is 1. The maximum Gasteiger partial charge on any atom is 0.0474 e. The SMILES string of the molecule is CCCCCCCC(C)NCCCOC. The van der Waals surface area contributed by atoms with Crippen LogP contribution in [0, 0.1) is 0 Å². The number of nitrogens with one attached hydrogen (secondary N) is 1. The second-order valence-corrected chi connectivity index (χ2v) is 4.40. The van der Waals surface area contributed by atoms with Crippen molar-refractivity contribution in [1.29, 1.82) is 0 Å². The third-order valence-electron chi connectivity index (χ3n) is 2.76. The molecule has 92 valence electrons. The molecule has 0 aromatic carbocycles. The highest BCUT2D eigenvalue weighted by Gasteiger charge is 1.99. The Bertz CT molecular complexity index is 117. The average molecular weight is 215 g/mol. The second kappa shape index (κ2) is 12.0. The maximum absolute atomic E-state index is 5.01. The Morgan fingerprint density at radius 3 is 2.47 bits per heavy atom. The first kappa shape index (κ1) is 14.9. The van der Waals surface area contributed by atoms with E-state index in [2.05, 4.69) is 19.2 Å². The average Bonchev–Trinajstić information content (AvgIpc) is 2.24. The summed E-state index contributed by atoms with van der Waals surface area (Å²) in [6, 6.07) is 0.670. The summed E-state index contributed by atoms with van der Waals surface area (Å²) in [7, 11) is 1.76. The summed E-state index contributed by atoms with van der Waals surface area (Å²) in [6.45, 7) is 6.51. The van der Waals surface area contributed by atoms with E-state index in [0.29, 0.717) is 6.04 Å².